The van der Waals surface area contributed by atoms with Gasteiger partial charge < -0.3 is 0 Å². The zero-order valence-corrected chi connectivity index (χ0v) is 12.0. The van der Waals surface area contributed by atoms with Crippen molar-refractivity contribution in [3.05, 3.63) is 46.8 Å². The van der Waals surface area contributed by atoms with E-state index in [1.807, 2.05) is 31.2 Å². The van der Waals surface area contributed by atoms with Crippen LogP contribution in [-0.4, -0.2) is 18.6 Å². The Bertz CT molecular complexity index is 670. The summed E-state index contributed by atoms with van der Waals surface area (Å²) in [4.78, 5) is 0.236. The van der Waals surface area contributed by atoms with Crippen molar-refractivity contribution in [2.75, 3.05) is 0 Å². The highest BCUT2D eigenvalue weighted by Crippen LogP contribution is 2.16. The molecule has 0 aliphatic carbocycles. The Kier molecular flexibility index (Phi) is 3.73. The Morgan fingerprint density at radius 1 is 1.26 bits per heavy atom. The van der Waals surface area contributed by atoms with Crippen molar-refractivity contribution in [2.24, 2.45) is 0 Å². The molecule has 19 heavy (non-hydrogen) atoms. The molecule has 102 valence electrons. The predicted molar refractivity (Wildman–Crippen MR) is 73.3 cm³/mol. The average molecular weight is 279 g/mol. The number of aromatic amines is 1. The van der Waals surface area contributed by atoms with Crippen LogP contribution >= 0.6 is 0 Å². The summed E-state index contributed by atoms with van der Waals surface area (Å²) in [5.74, 6) is 0. The van der Waals surface area contributed by atoms with Crippen LogP contribution in [0.4, 0.5) is 0 Å². The summed E-state index contributed by atoms with van der Waals surface area (Å²) in [5.41, 5.74) is 3.07. The lowest BCUT2D eigenvalue weighted by atomic mass is 10.1. The fraction of sp³-hybridized carbons (Fsp3) is 0.308. The second-order valence-corrected chi connectivity index (χ2v) is 6.28. The molecule has 6 heteroatoms. The Morgan fingerprint density at radius 3 is 2.58 bits per heavy atom. The molecule has 2 N–H and O–H groups in total. The SMILES string of the molecule is Cc1cccc(CNS(=O)(=O)c2c(C)n[nH]c2C)c1. The monoisotopic (exact) mass is 279 g/mol. The Hall–Kier alpha value is -1.66. The molecule has 0 aliphatic heterocycles. The first-order valence-corrected chi connectivity index (χ1v) is 7.45. The zero-order chi connectivity index (χ0) is 14.0. The van der Waals surface area contributed by atoms with Gasteiger partial charge in [0, 0.05) is 6.54 Å². The Labute approximate surface area is 113 Å². The lowest BCUT2D eigenvalue weighted by Gasteiger charge is -2.07. The van der Waals surface area contributed by atoms with Gasteiger partial charge in [0.1, 0.15) is 4.90 Å². The number of H-pyrrole nitrogens is 1. The van der Waals surface area contributed by atoms with Crippen LogP contribution in [0.5, 0.6) is 0 Å². The number of nitrogens with zero attached hydrogens (tertiary/aromatic N) is 1. The van der Waals surface area contributed by atoms with Crippen molar-refractivity contribution in [3.63, 3.8) is 0 Å². The summed E-state index contributed by atoms with van der Waals surface area (Å²) in [6, 6.07) is 7.73. The van der Waals surface area contributed by atoms with Crippen LogP contribution in [0.15, 0.2) is 29.2 Å². The minimum Gasteiger partial charge on any atom is -0.281 e. The van der Waals surface area contributed by atoms with Crippen molar-refractivity contribution >= 4 is 10.0 Å². The molecule has 0 aliphatic rings. The van der Waals surface area contributed by atoms with Gasteiger partial charge in [-0.25, -0.2) is 13.1 Å². The number of aromatic nitrogens is 2. The predicted octanol–water partition coefficient (Wildman–Crippen LogP) is 1.81. The largest absolute Gasteiger partial charge is 0.281 e. The number of hydrogen-bond acceptors (Lipinski definition) is 3. The molecular weight excluding hydrogens is 262 g/mol. The van der Waals surface area contributed by atoms with Gasteiger partial charge >= 0.3 is 0 Å². The molecule has 2 aromatic rings. The maximum atomic E-state index is 12.2. The Morgan fingerprint density at radius 2 is 2.00 bits per heavy atom. The highest BCUT2D eigenvalue weighted by Gasteiger charge is 2.21. The van der Waals surface area contributed by atoms with E-state index in [1.165, 1.54) is 0 Å². The third kappa shape index (κ3) is 3.02. The van der Waals surface area contributed by atoms with Gasteiger partial charge in [-0.15, -0.1) is 0 Å². The van der Waals surface area contributed by atoms with E-state index in [-0.39, 0.29) is 11.4 Å². The van der Waals surface area contributed by atoms with Gasteiger partial charge in [0.25, 0.3) is 0 Å². The van der Waals surface area contributed by atoms with Crippen LogP contribution in [0.3, 0.4) is 0 Å². The van der Waals surface area contributed by atoms with Crippen LogP contribution in [-0.2, 0) is 16.6 Å². The molecule has 2 rings (SSSR count). The minimum absolute atomic E-state index is 0.236. The maximum absolute atomic E-state index is 12.2. The molecule has 0 fully saturated rings. The van der Waals surface area contributed by atoms with Crippen LogP contribution in [0, 0.1) is 20.8 Å². The molecule has 1 aromatic heterocycles. The van der Waals surface area contributed by atoms with E-state index >= 15 is 0 Å². The third-order valence-electron chi connectivity index (χ3n) is 2.88. The minimum atomic E-state index is -3.53. The topological polar surface area (TPSA) is 74.8 Å². The van der Waals surface area contributed by atoms with Gasteiger partial charge in [-0.1, -0.05) is 29.8 Å². The summed E-state index contributed by atoms with van der Waals surface area (Å²) in [6.07, 6.45) is 0. The van der Waals surface area contributed by atoms with E-state index < -0.39 is 10.0 Å². The smallest absolute Gasteiger partial charge is 0.244 e. The van der Waals surface area contributed by atoms with E-state index in [0.29, 0.717) is 11.4 Å². The van der Waals surface area contributed by atoms with Crippen LogP contribution in [0.2, 0.25) is 0 Å². The molecule has 0 bridgehead atoms. The first-order valence-electron chi connectivity index (χ1n) is 5.97. The lowest BCUT2D eigenvalue weighted by molar-refractivity contribution is 0.580. The zero-order valence-electron chi connectivity index (χ0n) is 11.2. The van der Waals surface area contributed by atoms with E-state index in [9.17, 15) is 8.42 Å². The van der Waals surface area contributed by atoms with Crippen LogP contribution in [0.1, 0.15) is 22.5 Å². The van der Waals surface area contributed by atoms with Gasteiger partial charge in [0.2, 0.25) is 10.0 Å². The standard InChI is InChI=1S/C13H17N3O2S/c1-9-5-4-6-12(7-9)8-14-19(17,18)13-10(2)15-16-11(13)3/h4-7,14H,8H2,1-3H3,(H,15,16). The molecule has 5 nitrogen and oxygen atoms in total. The molecule has 0 saturated carbocycles. The molecule has 1 heterocycles. The highest BCUT2D eigenvalue weighted by molar-refractivity contribution is 7.89. The summed E-state index contributed by atoms with van der Waals surface area (Å²) in [5, 5.41) is 6.59. The number of aryl methyl sites for hydroxylation is 3. The number of rotatable bonds is 4. The summed E-state index contributed by atoms with van der Waals surface area (Å²) >= 11 is 0. The number of hydrogen-bond donors (Lipinski definition) is 2. The summed E-state index contributed by atoms with van der Waals surface area (Å²) in [6.45, 7) is 5.61. The molecule has 0 atom stereocenters. The molecule has 0 unspecified atom stereocenters. The van der Waals surface area contributed by atoms with Crippen molar-refractivity contribution in [1.82, 2.24) is 14.9 Å². The molecule has 0 spiro atoms. The fourth-order valence-electron chi connectivity index (χ4n) is 2.01. The van der Waals surface area contributed by atoms with E-state index in [0.717, 1.165) is 11.1 Å². The molecule has 0 amide bonds. The molecule has 0 radical (unpaired) electrons. The summed E-state index contributed by atoms with van der Waals surface area (Å²) < 4.78 is 27.0. The molecular formula is C13H17N3O2S. The van der Waals surface area contributed by atoms with Gasteiger partial charge in [-0.2, -0.15) is 5.10 Å². The number of benzene rings is 1. The maximum Gasteiger partial charge on any atom is 0.244 e. The van der Waals surface area contributed by atoms with Gasteiger partial charge in [0.05, 0.1) is 11.4 Å². The van der Waals surface area contributed by atoms with E-state index in [1.54, 1.807) is 13.8 Å². The van der Waals surface area contributed by atoms with Crippen molar-refractivity contribution in [3.8, 4) is 0 Å². The quantitative estimate of drug-likeness (QED) is 0.896. The lowest BCUT2D eigenvalue weighted by Crippen LogP contribution is -2.24. The normalized spacial score (nSPS) is 11.7. The van der Waals surface area contributed by atoms with E-state index in [2.05, 4.69) is 14.9 Å². The second kappa shape index (κ2) is 5.14. The van der Waals surface area contributed by atoms with Crippen molar-refractivity contribution in [2.45, 2.75) is 32.2 Å². The van der Waals surface area contributed by atoms with Crippen LogP contribution < -0.4 is 4.72 Å². The Balaban J connectivity index is 2.19. The first-order chi connectivity index (χ1) is 8.90. The van der Waals surface area contributed by atoms with Crippen molar-refractivity contribution in [1.29, 1.82) is 0 Å². The van der Waals surface area contributed by atoms with Crippen molar-refractivity contribution < 1.29 is 8.42 Å². The summed E-state index contributed by atoms with van der Waals surface area (Å²) in [7, 11) is -3.53. The van der Waals surface area contributed by atoms with Crippen LogP contribution in [0.25, 0.3) is 0 Å². The van der Waals surface area contributed by atoms with E-state index in [4.69, 9.17) is 0 Å². The highest BCUT2D eigenvalue weighted by atomic mass is 32.2. The van der Waals surface area contributed by atoms with Gasteiger partial charge in [-0.3, -0.25) is 5.10 Å². The average Bonchev–Trinajstić information content (AvgIpc) is 2.67. The van der Waals surface area contributed by atoms with Gasteiger partial charge in [-0.05, 0) is 26.3 Å². The number of sulfonamides is 1. The fourth-order valence-corrected chi connectivity index (χ4v) is 3.39. The van der Waals surface area contributed by atoms with Gasteiger partial charge in [0.15, 0.2) is 0 Å². The number of nitrogens with one attached hydrogen (secondary N) is 2. The molecule has 0 saturated heterocycles. The first kappa shape index (κ1) is 13.8. The third-order valence-corrected chi connectivity index (χ3v) is 4.54. The molecule has 1 aromatic carbocycles. The second-order valence-electron chi connectivity index (χ2n) is 4.58.